The van der Waals surface area contributed by atoms with Crippen LogP contribution < -0.4 is 5.32 Å². The van der Waals surface area contributed by atoms with Crippen LogP contribution in [0.3, 0.4) is 0 Å². The maximum atomic E-state index is 13.8. The largest absolute Gasteiger partial charge is 0.310 e. The van der Waals surface area contributed by atoms with E-state index in [4.69, 9.17) is 0 Å². The molecule has 1 nitrogen and oxygen atoms in total. The van der Waals surface area contributed by atoms with Gasteiger partial charge in [-0.3, -0.25) is 0 Å². The highest BCUT2D eigenvalue weighted by Gasteiger charge is 2.12. The van der Waals surface area contributed by atoms with Crippen LogP contribution in [0.1, 0.15) is 36.1 Å². The highest BCUT2D eigenvalue weighted by atomic mass is 19.1. The Morgan fingerprint density at radius 3 is 2.19 bits per heavy atom. The van der Waals surface area contributed by atoms with Gasteiger partial charge in [0.25, 0.3) is 0 Å². The second-order valence-electron chi connectivity index (χ2n) is 6.11. The van der Waals surface area contributed by atoms with Gasteiger partial charge in [-0.25, -0.2) is 4.39 Å². The van der Waals surface area contributed by atoms with Crippen LogP contribution in [-0.4, -0.2) is 6.04 Å². The molecule has 2 aromatic carbocycles. The molecule has 0 bridgehead atoms. The van der Waals surface area contributed by atoms with Gasteiger partial charge in [0.2, 0.25) is 0 Å². The summed E-state index contributed by atoms with van der Waals surface area (Å²) in [5, 5.41) is 3.42. The molecule has 0 heterocycles. The lowest BCUT2D eigenvalue weighted by Crippen LogP contribution is -2.22. The summed E-state index contributed by atoms with van der Waals surface area (Å²) in [5.74, 6) is -0.183. The van der Waals surface area contributed by atoms with Crippen LogP contribution in [0.25, 0.3) is 11.1 Å². The van der Waals surface area contributed by atoms with E-state index in [1.54, 1.807) is 12.1 Å². The van der Waals surface area contributed by atoms with Gasteiger partial charge >= 0.3 is 0 Å². The monoisotopic (exact) mass is 285 g/mol. The fraction of sp³-hybridized carbons (Fsp3) is 0.368. The number of benzene rings is 2. The van der Waals surface area contributed by atoms with Crippen molar-refractivity contribution in [1.29, 1.82) is 0 Å². The van der Waals surface area contributed by atoms with Crippen LogP contribution in [-0.2, 0) is 6.54 Å². The van der Waals surface area contributed by atoms with E-state index in [-0.39, 0.29) is 5.82 Å². The van der Waals surface area contributed by atoms with Crippen molar-refractivity contribution in [3.05, 3.63) is 58.4 Å². The molecule has 2 heteroatoms. The molecule has 21 heavy (non-hydrogen) atoms. The molecule has 0 unspecified atom stereocenters. The normalized spacial score (nSPS) is 11.2. The number of rotatable bonds is 4. The lowest BCUT2D eigenvalue weighted by molar-refractivity contribution is 0.587. The van der Waals surface area contributed by atoms with Crippen molar-refractivity contribution in [3.8, 4) is 11.1 Å². The molecule has 0 saturated carbocycles. The molecule has 2 rings (SSSR count). The number of hydrogen-bond donors (Lipinski definition) is 1. The Bertz CT molecular complexity index is 621. The van der Waals surface area contributed by atoms with E-state index in [1.165, 1.54) is 16.7 Å². The van der Waals surface area contributed by atoms with Crippen LogP contribution in [0.5, 0.6) is 0 Å². The van der Waals surface area contributed by atoms with Gasteiger partial charge in [0.15, 0.2) is 0 Å². The first kappa shape index (κ1) is 15.7. The summed E-state index contributed by atoms with van der Waals surface area (Å²) in [4.78, 5) is 0. The van der Waals surface area contributed by atoms with Crippen LogP contribution >= 0.6 is 0 Å². The number of aryl methyl sites for hydroxylation is 3. The Morgan fingerprint density at radius 2 is 1.62 bits per heavy atom. The Labute approximate surface area is 127 Å². The maximum absolute atomic E-state index is 13.8. The van der Waals surface area contributed by atoms with Crippen molar-refractivity contribution in [1.82, 2.24) is 5.32 Å². The Hall–Kier alpha value is -1.67. The highest BCUT2D eigenvalue weighted by Crippen LogP contribution is 2.31. The van der Waals surface area contributed by atoms with Gasteiger partial charge in [-0.15, -0.1) is 0 Å². The van der Waals surface area contributed by atoms with Gasteiger partial charge < -0.3 is 5.32 Å². The number of halogens is 1. The molecule has 112 valence electrons. The van der Waals surface area contributed by atoms with Crippen LogP contribution in [0.2, 0.25) is 0 Å². The lowest BCUT2D eigenvalue weighted by atomic mass is 9.90. The van der Waals surface area contributed by atoms with Crippen molar-refractivity contribution in [2.75, 3.05) is 0 Å². The van der Waals surface area contributed by atoms with Crippen LogP contribution in [0.15, 0.2) is 30.3 Å². The third-order valence-corrected chi connectivity index (χ3v) is 3.72. The van der Waals surface area contributed by atoms with E-state index in [9.17, 15) is 4.39 Å². The van der Waals surface area contributed by atoms with Crippen molar-refractivity contribution >= 4 is 0 Å². The molecular weight excluding hydrogens is 261 g/mol. The standard InChI is InChI=1S/C19H24FN/c1-12(2)21-11-16-6-7-17(20)10-18(16)19-14(4)8-13(3)9-15(19)5/h6-10,12,21H,11H2,1-5H3. The van der Waals surface area contributed by atoms with Crippen LogP contribution in [0.4, 0.5) is 4.39 Å². The third-order valence-electron chi connectivity index (χ3n) is 3.72. The summed E-state index contributed by atoms with van der Waals surface area (Å²) in [6, 6.07) is 9.81. The van der Waals surface area contributed by atoms with Crippen molar-refractivity contribution in [3.63, 3.8) is 0 Å². The highest BCUT2D eigenvalue weighted by molar-refractivity contribution is 5.74. The summed E-state index contributed by atoms with van der Waals surface area (Å²) in [5.41, 5.74) is 6.93. The van der Waals surface area contributed by atoms with Gasteiger partial charge in [-0.2, -0.15) is 0 Å². The minimum Gasteiger partial charge on any atom is -0.310 e. The minimum absolute atomic E-state index is 0.183. The van der Waals surface area contributed by atoms with Crippen molar-refractivity contribution < 1.29 is 4.39 Å². The van der Waals surface area contributed by atoms with E-state index >= 15 is 0 Å². The summed E-state index contributed by atoms with van der Waals surface area (Å²) in [7, 11) is 0. The minimum atomic E-state index is -0.183. The van der Waals surface area contributed by atoms with Gasteiger partial charge in [0.1, 0.15) is 5.82 Å². The quantitative estimate of drug-likeness (QED) is 0.841. The summed E-state index contributed by atoms with van der Waals surface area (Å²) in [6.07, 6.45) is 0. The molecule has 2 aromatic rings. The molecule has 0 aliphatic carbocycles. The smallest absolute Gasteiger partial charge is 0.123 e. The zero-order valence-corrected chi connectivity index (χ0v) is 13.5. The Balaban J connectivity index is 2.54. The zero-order valence-electron chi connectivity index (χ0n) is 13.5. The predicted octanol–water partition coefficient (Wildman–Crippen LogP) is 4.92. The van der Waals surface area contributed by atoms with E-state index < -0.39 is 0 Å². The molecule has 0 radical (unpaired) electrons. The molecule has 0 spiro atoms. The Morgan fingerprint density at radius 1 is 1.00 bits per heavy atom. The van der Waals surface area contributed by atoms with Gasteiger partial charge in [-0.1, -0.05) is 37.6 Å². The van der Waals surface area contributed by atoms with Gasteiger partial charge in [0.05, 0.1) is 0 Å². The zero-order chi connectivity index (χ0) is 15.6. The van der Waals surface area contributed by atoms with E-state index in [2.05, 4.69) is 52.1 Å². The fourth-order valence-electron chi connectivity index (χ4n) is 2.85. The SMILES string of the molecule is Cc1cc(C)c(-c2cc(F)ccc2CNC(C)C)c(C)c1. The number of nitrogens with one attached hydrogen (secondary N) is 1. The van der Waals surface area contributed by atoms with Crippen LogP contribution in [0, 0.1) is 26.6 Å². The summed E-state index contributed by atoms with van der Waals surface area (Å²) < 4.78 is 13.8. The molecule has 0 aliphatic heterocycles. The van der Waals surface area contributed by atoms with E-state index in [0.717, 1.165) is 23.2 Å². The van der Waals surface area contributed by atoms with Gasteiger partial charge in [0, 0.05) is 12.6 Å². The third kappa shape index (κ3) is 3.70. The molecular formula is C19H24FN. The lowest BCUT2D eigenvalue weighted by Gasteiger charge is -2.17. The topological polar surface area (TPSA) is 12.0 Å². The molecule has 0 aliphatic rings. The second kappa shape index (κ2) is 6.40. The average Bonchev–Trinajstić information content (AvgIpc) is 2.36. The average molecular weight is 285 g/mol. The van der Waals surface area contributed by atoms with Gasteiger partial charge in [-0.05, 0) is 60.7 Å². The molecule has 0 fully saturated rings. The Kier molecular flexibility index (Phi) is 4.79. The first-order chi connectivity index (χ1) is 9.88. The fourth-order valence-corrected chi connectivity index (χ4v) is 2.85. The maximum Gasteiger partial charge on any atom is 0.123 e. The second-order valence-corrected chi connectivity index (χ2v) is 6.11. The van der Waals surface area contributed by atoms with E-state index in [1.807, 2.05) is 6.07 Å². The molecule has 0 atom stereocenters. The number of hydrogen-bond acceptors (Lipinski definition) is 1. The first-order valence-electron chi connectivity index (χ1n) is 7.48. The molecule has 1 N–H and O–H groups in total. The molecule has 0 amide bonds. The molecule has 0 aromatic heterocycles. The first-order valence-corrected chi connectivity index (χ1v) is 7.48. The van der Waals surface area contributed by atoms with E-state index in [0.29, 0.717) is 6.04 Å². The van der Waals surface area contributed by atoms with Crippen molar-refractivity contribution in [2.24, 2.45) is 0 Å². The predicted molar refractivity (Wildman–Crippen MR) is 88.0 cm³/mol. The summed E-state index contributed by atoms with van der Waals surface area (Å²) >= 11 is 0. The summed E-state index contributed by atoms with van der Waals surface area (Å²) in [6.45, 7) is 11.3. The molecule has 0 saturated heterocycles. The van der Waals surface area contributed by atoms with Crippen molar-refractivity contribution in [2.45, 2.75) is 47.2 Å².